The van der Waals surface area contributed by atoms with Crippen molar-refractivity contribution in [3.05, 3.63) is 52.4 Å². The van der Waals surface area contributed by atoms with Crippen molar-refractivity contribution < 1.29 is 9.32 Å². The molecule has 4 rings (SSSR count). The Balaban J connectivity index is 1.36. The van der Waals surface area contributed by atoms with Gasteiger partial charge in [0.25, 0.3) is 0 Å². The van der Waals surface area contributed by atoms with Gasteiger partial charge < -0.3 is 9.42 Å². The molecule has 0 spiro atoms. The average molecular weight is 367 g/mol. The predicted molar refractivity (Wildman–Crippen MR) is 106 cm³/mol. The van der Waals surface area contributed by atoms with Crippen molar-refractivity contribution in [2.75, 3.05) is 0 Å². The van der Waals surface area contributed by atoms with Gasteiger partial charge in [0.1, 0.15) is 5.76 Å². The first-order valence-electron chi connectivity index (χ1n) is 10.3. The van der Waals surface area contributed by atoms with Gasteiger partial charge in [-0.2, -0.15) is 0 Å². The van der Waals surface area contributed by atoms with Crippen molar-refractivity contribution in [1.29, 1.82) is 0 Å². The number of hydrogen-bond acceptors (Lipinski definition) is 3. The molecule has 2 saturated heterocycles. The quantitative estimate of drug-likeness (QED) is 0.759. The van der Waals surface area contributed by atoms with Gasteiger partial charge >= 0.3 is 0 Å². The Labute approximate surface area is 161 Å². The van der Waals surface area contributed by atoms with Crippen LogP contribution in [0.25, 0.3) is 0 Å². The van der Waals surface area contributed by atoms with E-state index in [-0.39, 0.29) is 0 Å². The van der Waals surface area contributed by atoms with E-state index in [1.807, 2.05) is 13.8 Å². The van der Waals surface area contributed by atoms with Gasteiger partial charge in [0.15, 0.2) is 0 Å². The van der Waals surface area contributed by atoms with Gasteiger partial charge in [0, 0.05) is 24.1 Å². The van der Waals surface area contributed by atoms with Crippen LogP contribution in [0.4, 0.5) is 0 Å². The molecule has 3 heterocycles. The van der Waals surface area contributed by atoms with Crippen LogP contribution in [0.1, 0.15) is 72.6 Å². The van der Waals surface area contributed by atoms with Crippen LogP contribution >= 0.6 is 0 Å². The molecule has 4 heteroatoms. The SMILES string of the molecule is Cc1ccccc1C1CC2CCC(C1)N2C(=O)CCCc1c(C)noc1C. The molecule has 2 aliphatic heterocycles. The number of hydrogen-bond donors (Lipinski definition) is 0. The van der Waals surface area contributed by atoms with Crippen molar-refractivity contribution in [2.45, 2.75) is 83.7 Å². The second-order valence-corrected chi connectivity index (χ2v) is 8.37. The molecule has 144 valence electrons. The maximum absolute atomic E-state index is 13.0. The second kappa shape index (κ2) is 7.49. The van der Waals surface area contributed by atoms with Crippen LogP contribution in [0.3, 0.4) is 0 Å². The zero-order valence-corrected chi connectivity index (χ0v) is 16.7. The van der Waals surface area contributed by atoms with Gasteiger partial charge in [0.2, 0.25) is 5.91 Å². The lowest BCUT2D eigenvalue weighted by Crippen LogP contribution is -2.46. The van der Waals surface area contributed by atoms with Crippen molar-refractivity contribution >= 4 is 5.91 Å². The van der Waals surface area contributed by atoms with E-state index < -0.39 is 0 Å². The molecule has 0 N–H and O–H groups in total. The molecular weight excluding hydrogens is 336 g/mol. The lowest BCUT2D eigenvalue weighted by molar-refractivity contribution is -0.135. The Bertz CT molecular complexity index is 792. The van der Waals surface area contributed by atoms with Gasteiger partial charge in [-0.15, -0.1) is 0 Å². The van der Waals surface area contributed by atoms with Crippen LogP contribution < -0.4 is 0 Å². The van der Waals surface area contributed by atoms with E-state index in [1.54, 1.807) is 0 Å². The maximum Gasteiger partial charge on any atom is 0.223 e. The van der Waals surface area contributed by atoms with Crippen LogP contribution in [-0.2, 0) is 11.2 Å². The molecule has 0 saturated carbocycles. The summed E-state index contributed by atoms with van der Waals surface area (Å²) in [6.07, 6.45) is 6.96. The lowest BCUT2D eigenvalue weighted by Gasteiger charge is -2.39. The summed E-state index contributed by atoms with van der Waals surface area (Å²) in [4.78, 5) is 15.2. The number of aromatic nitrogens is 1. The third-order valence-corrected chi connectivity index (χ3v) is 6.65. The van der Waals surface area contributed by atoms with E-state index in [1.165, 1.54) is 29.5 Å². The van der Waals surface area contributed by atoms with Crippen molar-refractivity contribution in [1.82, 2.24) is 10.1 Å². The van der Waals surface area contributed by atoms with Gasteiger partial charge in [-0.25, -0.2) is 0 Å². The normalized spacial score (nSPS) is 24.4. The Morgan fingerprint density at radius 3 is 2.48 bits per heavy atom. The summed E-state index contributed by atoms with van der Waals surface area (Å²) in [5.41, 5.74) is 5.00. The monoisotopic (exact) mass is 366 g/mol. The summed E-state index contributed by atoms with van der Waals surface area (Å²) in [5, 5.41) is 4.01. The number of benzene rings is 1. The fraction of sp³-hybridized carbons (Fsp3) is 0.565. The number of carbonyl (C=O) groups excluding carboxylic acids is 1. The van der Waals surface area contributed by atoms with Gasteiger partial charge in [-0.3, -0.25) is 4.79 Å². The second-order valence-electron chi connectivity index (χ2n) is 8.37. The highest BCUT2D eigenvalue weighted by Gasteiger charge is 2.43. The molecular formula is C23H30N2O2. The number of amides is 1. The van der Waals surface area contributed by atoms with E-state index in [2.05, 4.69) is 41.2 Å². The third kappa shape index (κ3) is 3.54. The highest BCUT2D eigenvalue weighted by Crippen LogP contribution is 2.44. The minimum absolute atomic E-state index is 0.345. The summed E-state index contributed by atoms with van der Waals surface area (Å²) in [6, 6.07) is 9.62. The van der Waals surface area contributed by atoms with E-state index in [0.717, 1.165) is 37.1 Å². The Kier molecular flexibility index (Phi) is 5.07. The highest BCUT2D eigenvalue weighted by atomic mass is 16.5. The number of piperidine rings is 1. The molecule has 2 aliphatic rings. The Morgan fingerprint density at radius 1 is 1.15 bits per heavy atom. The van der Waals surface area contributed by atoms with Gasteiger partial charge in [-0.1, -0.05) is 29.4 Å². The Hall–Kier alpha value is -2.10. The summed E-state index contributed by atoms with van der Waals surface area (Å²) in [6.45, 7) is 6.14. The molecule has 2 aromatic rings. The molecule has 1 aromatic carbocycles. The predicted octanol–water partition coefficient (Wildman–Crippen LogP) is 4.86. The fourth-order valence-electron chi connectivity index (χ4n) is 5.29. The summed E-state index contributed by atoms with van der Waals surface area (Å²) in [5.74, 6) is 1.84. The first-order valence-corrected chi connectivity index (χ1v) is 10.3. The summed E-state index contributed by atoms with van der Waals surface area (Å²) < 4.78 is 5.23. The van der Waals surface area contributed by atoms with E-state index >= 15 is 0 Å². The molecule has 0 radical (unpaired) electrons. The lowest BCUT2D eigenvalue weighted by atomic mass is 9.83. The van der Waals surface area contributed by atoms with E-state index in [0.29, 0.717) is 30.3 Å². The van der Waals surface area contributed by atoms with Gasteiger partial charge in [-0.05, 0) is 76.3 Å². The molecule has 2 unspecified atom stereocenters. The van der Waals surface area contributed by atoms with E-state index in [9.17, 15) is 4.79 Å². The molecule has 1 aromatic heterocycles. The first kappa shape index (κ1) is 18.3. The number of aryl methyl sites for hydroxylation is 3. The van der Waals surface area contributed by atoms with Crippen molar-refractivity contribution in [2.24, 2.45) is 0 Å². The molecule has 0 aliphatic carbocycles. The molecule has 2 atom stereocenters. The number of fused-ring (bicyclic) bond motifs is 2. The smallest absolute Gasteiger partial charge is 0.223 e. The van der Waals surface area contributed by atoms with Crippen LogP contribution in [0.5, 0.6) is 0 Å². The third-order valence-electron chi connectivity index (χ3n) is 6.65. The van der Waals surface area contributed by atoms with Crippen LogP contribution in [-0.4, -0.2) is 28.0 Å². The molecule has 2 bridgehead atoms. The standard InChI is InChI=1S/C23H30N2O2/c1-15-7-4-5-8-21(15)18-13-19-11-12-20(14-18)25(19)23(26)10-6-9-22-16(2)24-27-17(22)3/h4-5,7-8,18-20H,6,9-14H2,1-3H3. The van der Waals surface area contributed by atoms with Crippen molar-refractivity contribution in [3.63, 3.8) is 0 Å². The first-order chi connectivity index (χ1) is 13.0. The summed E-state index contributed by atoms with van der Waals surface area (Å²) in [7, 11) is 0. The van der Waals surface area contributed by atoms with E-state index in [4.69, 9.17) is 4.52 Å². The fourth-order valence-corrected chi connectivity index (χ4v) is 5.29. The largest absolute Gasteiger partial charge is 0.361 e. The zero-order chi connectivity index (χ0) is 19.0. The topological polar surface area (TPSA) is 46.3 Å². The van der Waals surface area contributed by atoms with Crippen molar-refractivity contribution in [3.8, 4) is 0 Å². The number of carbonyl (C=O) groups is 1. The average Bonchev–Trinajstić information content (AvgIpc) is 3.11. The minimum atomic E-state index is 0.345. The molecule has 4 nitrogen and oxygen atoms in total. The summed E-state index contributed by atoms with van der Waals surface area (Å²) >= 11 is 0. The molecule has 27 heavy (non-hydrogen) atoms. The molecule has 1 amide bonds. The number of nitrogens with zero attached hydrogens (tertiary/aromatic N) is 2. The van der Waals surface area contributed by atoms with Crippen LogP contribution in [0.2, 0.25) is 0 Å². The van der Waals surface area contributed by atoms with Crippen LogP contribution in [0.15, 0.2) is 28.8 Å². The zero-order valence-electron chi connectivity index (χ0n) is 16.7. The maximum atomic E-state index is 13.0. The number of rotatable bonds is 5. The van der Waals surface area contributed by atoms with Crippen LogP contribution in [0, 0.1) is 20.8 Å². The molecule has 2 fully saturated rings. The Morgan fingerprint density at radius 2 is 1.85 bits per heavy atom. The minimum Gasteiger partial charge on any atom is -0.361 e. The van der Waals surface area contributed by atoms with Gasteiger partial charge in [0.05, 0.1) is 5.69 Å². The highest BCUT2D eigenvalue weighted by molar-refractivity contribution is 5.77.